The molecule has 3 nitrogen and oxygen atoms in total. The minimum absolute atomic E-state index is 0.0831. The van der Waals surface area contributed by atoms with Crippen molar-refractivity contribution in [2.45, 2.75) is 50.7 Å². The maximum absolute atomic E-state index is 6.50. The molecule has 0 radical (unpaired) electrons. The Bertz CT molecular complexity index is 418. The molecule has 1 N–H and O–H groups in total. The zero-order valence-electron chi connectivity index (χ0n) is 12.4. The maximum Gasteiger partial charge on any atom is 0.119 e. The smallest absolute Gasteiger partial charge is 0.119 e. The van der Waals surface area contributed by atoms with Gasteiger partial charge in [-0.1, -0.05) is 31.4 Å². The Morgan fingerprint density at radius 2 is 1.95 bits per heavy atom. The third-order valence-electron chi connectivity index (χ3n) is 4.50. The molecule has 1 aliphatic carbocycles. The maximum atomic E-state index is 6.50. The molecule has 1 heterocycles. The summed E-state index contributed by atoms with van der Waals surface area (Å²) in [6, 6.07) is 8.37. The normalized spacial score (nSPS) is 25.6. The molecule has 1 spiro atoms. The summed E-state index contributed by atoms with van der Waals surface area (Å²) in [5, 5.41) is 3.58. The van der Waals surface area contributed by atoms with Crippen molar-refractivity contribution in [1.82, 2.24) is 5.32 Å². The number of ether oxygens (including phenoxy) is 2. The molecule has 3 heteroatoms. The van der Waals surface area contributed by atoms with Gasteiger partial charge in [-0.3, -0.25) is 0 Å². The second kappa shape index (κ2) is 6.15. The summed E-state index contributed by atoms with van der Waals surface area (Å²) in [5.74, 6) is 0.937. The molecule has 1 aromatic carbocycles. The zero-order valence-corrected chi connectivity index (χ0v) is 12.4. The van der Waals surface area contributed by atoms with E-state index >= 15 is 0 Å². The number of hydrogen-bond acceptors (Lipinski definition) is 3. The molecule has 1 unspecified atom stereocenters. The second-order valence-corrected chi connectivity index (χ2v) is 5.98. The fraction of sp³-hybridized carbons (Fsp3) is 0.647. The molecule has 1 saturated heterocycles. The van der Waals surface area contributed by atoms with Crippen molar-refractivity contribution in [1.29, 1.82) is 0 Å². The van der Waals surface area contributed by atoms with Crippen LogP contribution >= 0.6 is 0 Å². The van der Waals surface area contributed by atoms with Crippen LogP contribution in [0.15, 0.2) is 24.3 Å². The summed E-state index contributed by atoms with van der Waals surface area (Å²) in [7, 11) is 0. The first-order valence-electron chi connectivity index (χ1n) is 7.93. The van der Waals surface area contributed by atoms with Gasteiger partial charge in [0.25, 0.3) is 0 Å². The van der Waals surface area contributed by atoms with Crippen LogP contribution in [0.4, 0.5) is 0 Å². The molecule has 110 valence electrons. The van der Waals surface area contributed by atoms with Gasteiger partial charge in [0, 0.05) is 13.1 Å². The lowest BCUT2D eigenvalue weighted by molar-refractivity contribution is -0.135. The van der Waals surface area contributed by atoms with Crippen LogP contribution in [0.3, 0.4) is 0 Å². The van der Waals surface area contributed by atoms with Gasteiger partial charge in [-0.15, -0.1) is 0 Å². The van der Waals surface area contributed by atoms with E-state index in [4.69, 9.17) is 9.47 Å². The van der Waals surface area contributed by atoms with E-state index in [1.54, 1.807) is 0 Å². The molecule has 0 bridgehead atoms. The molecule has 0 aromatic heterocycles. The van der Waals surface area contributed by atoms with Crippen molar-refractivity contribution in [2.24, 2.45) is 0 Å². The predicted molar refractivity (Wildman–Crippen MR) is 80.1 cm³/mol. The summed E-state index contributed by atoms with van der Waals surface area (Å²) >= 11 is 0. The lowest BCUT2D eigenvalue weighted by atomic mass is 9.83. The minimum atomic E-state index is 0.0831. The van der Waals surface area contributed by atoms with E-state index < -0.39 is 0 Å². The van der Waals surface area contributed by atoms with Gasteiger partial charge in [-0.25, -0.2) is 0 Å². The van der Waals surface area contributed by atoms with Gasteiger partial charge in [0.2, 0.25) is 0 Å². The number of benzene rings is 1. The molecule has 3 rings (SSSR count). The van der Waals surface area contributed by atoms with Crippen molar-refractivity contribution >= 4 is 0 Å². The van der Waals surface area contributed by atoms with Crippen LogP contribution < -0.4 is 10.1 Å². The lowest BCUT2D eigenvalue weighted by Crippen LogP contribution is -2.51. The van der Waals surface area contributed by atoms with Crippen molar-refractivity contribution in [3.63, 3.8) is 0 Å². The van der Waals surface area contributed by atoms with Gasteiger partial charge in [-0.2, -0.15) is 0 Å². The molecule has 1 atom stereocenters. The molecular formula is C17H25NO2. The topological polar surface area (TPSA) is 30.5 Å². The van der Waals surface area contributed by atoms with Crippen LogP contribution in [0.5, 0.6) is 5.75 Å². The molecule has 20 heavy (non-hydrogen) atoms. The van der Waals surface area contributed by atoms with Crippen molar-refractivity contribution in [3.05, 3.63) is 29.8 Å². The Labute approximate surface area is 121 Å². The lowest BCUT2D eigenvalue weighted by Gasteiger charge is -2.44. The molecular weight excluding hydrogens is 250 g/mol. The summed E-state index contributed by atoms with van der Waals surface area (Å²) in [5.41, 5.74) is 1.34. The van der Waals surface area contributed by atoms with Crippen molar-refractivity contribution in [3.8, 4) is 5.75 Å². The fourth-order valence-electron chi connectivity index (χ4n) is 3.44. The number of hydrogen-bond donors (Lipinski definition) is 1. The molecule has 2 fully saturated rings. The minimum Gasteiger partial charge on any atom is -0.494 e. The van der Waals surface area contributed by atoms with E-state index in [9.17, 15) is 0 Å². The third-order valence-corrected chi connectivity index (χ3v) is 4.50. The largest absolute Gasteiger partial charge is 0.494 e. The average Bonchev–Trinajstić information content (AvgIpc) is 2.49. The Morgan fingerprint density at radius 1 is 1.20 bits per heavy atom. The van der Waals surface area contributed by atoms with E-state index in [2.05, 4.69) is 17.4 Å². The monoisotopic (exact) mass is 275 g/mol. The second-order valence-electron chi connectivity index (χ2n) is 5.98. The van der Waals surface area contributed by atoms with E-state index in [-0.39, 0.29) is 11.7 Å². The molecule has 1 aromatic rings. The van der Waals surface area contributed by atoms with Crippen LogP contribution in [0.25, 0.3) is 0 Å². The highest BCUT2D eigenvalue weighted by Crippen LogP contribution is 2.38. The molecule has 2 aliphatic rings. The first-order valence-corrected chi connectivity index (χ1v) is 7.93. The van der Waals surface area contributed by atoms with Crippen LogP contribution in [-0.2, 0) is 4.74 Å². The number of nitrogens with one attached hydrogen (secondary N) is 1. The first kappa shape index (κ1) is 13.9. The van der Waals surface area contributed by atoms with Gasteiger partial charge in [0.1, 0.15) is 5.75 Å². The predicted octanol–water partition coefficient (Wildman–Crippen LogP) is 3.45. The van der Waals surface area contributed by atoms with Crippen LogP contribution in [0, 0.1) is 0 Å². The summed E-state index contributed by atoms with van der Waals surface area (Å²) < 4.78 is 12.0. The van der Waals surface area contributed by atoms with E-state index in [0.29, 0.717) is 6.61 Å². The molecule has 0 amide bonds. The molecule has 1 saturated carbocycles. The SMILES string of the molecule is CCOc1ccc(C2CNCC3(CCCCC3)O2)cc1. The van der Waals surface area contributed by atoms with Gasteiger partial charge in [0.15, 0.2) is 0 Å². The summed E-state index contributed by atoms with van der Waals surface area (Å²) in [4.78, 5) is 0. The quantitative estimate of drug-likeness (QED) is 0.916. The fourth-order valence-corrected chi connectivity index (χ4v) is 3.44. The van der Waals surface area contributed by atoms with Gasteiger partial charge >= 0.3 is 0 Å². The van der Waals surface area contributed by atoms with Gasteiger partial charge in [0.05, 0.1) is 18.3 Å². The third kappa shape index (κ3) is 2.99. The Morgan fingerprint density at radius 3 is 2.65 bits per heavy atom. The Hall–Kier alpha value is -1.06. The number of morpholine rings is 1. The Kier molecular flexibility index (Phi) is 4.27. The highest BCUT2D eigenvalue weighted by Gasteiger charge is 2.38. The van der Waals surface area contributed by atoms with Gasteiger partial charge < -0.3 is 14.8 Å². The van der Waals surface area contributed by atoms with Crippen LogP contribution in [0.2, 0.25) is 0 Å². The molecule has 1 aliphatic heterocycles. The summed E-state index contributed by atoms with van der Waals surface area (Å²) in [6.45, 7) is 4.65. The van der Waals surface area contributed by atoms with E-state index in [1.165, 1.54) is 37.7 Å². The average molecular weight is 275 g/mol. The highest BCUT2D eigenvalue weighted by atomic mass is 16.5. The van der Waals surface area contributed by atoms with Crippen molar-refractivity contribution < 1.29 is 9.47 Å². The zero-order chi connectivity index (χ0) is 13.8. The standard InChI is InChI=1S/C17H25NO2/c1-2-19-15-8-6-14(7-9-15)16-12-18-13-17(20-16)10-4-3-5-11-17/h6-9,16,18H,2-5,10-13H2,1H3. The first-order chi connectivity index (χ1) is 9.81. The van der Waals surface area contributed by atoms with Crippen LogP contribution in [-0.4, -0.2) is 25.3 Å². The van der Waals surface area contributed by atoms with Crippen molar-refractivity contribution in [2.75, 3.05) is 19.7 Å². The van der Waals surface area contributed by atoms with Crippen LogP contribution in [0.1, 0.15) is 50.7 Å². The Balaban J connectivity index is 1.69. The van der Waals surface area contributed by atoms with Gasteiger partial charge in [-0.05, 0) is 37.5 Å². The summed E-state index contributed by atoms with van der Waals surface area (Å²) in [6.07, 6.45) is 6.55. The van der Waals surface area contributed by atoms with E-state index in [1.807, 2.05) is 19.1 Å². The number of rotatable bonds is 3. The van der Waals surface area contributed by atoms with E-state index in [0.717, 1.165) is 18.8 Å². The highest BCUT2D eigenvalue weighted by molar-refractivity contribution is 5.29.